The maximum Gasteiger partial charge on any atom is 0.284 e. The zero-order valence-corrected chi connectivity index (χ0v) is 19.1. The Balaban J connectivity index is 1.67. The molecule has 0 saturated heterocycles. The maximum absolute atomic E-state index is 12.7. The minimum absolute atomic E-state index is 0.200. The lowest BCUT2D eigenvalue weighted by Gasteiger charge is -2.09. The summed E-state index contributed by atoms with van der Waals surface area (Å²) in [5.74, 6) is 0.374. The number of sulfonamides is 1. The summed E-state index contributed by atoms with van der Waals surface area (Å²) in [4.78, 5) is 19.6. The van der Waals surface area contributed by atoms with Crippen LogP contribution in [0.1, 0.15) is 11.4 Å². The molecule has 32 heavy (non-hydrogen) atoms. The van der Waals surface area contributed by atoms with Crippen molar-refractivity contribution >= 4 is 50.5 Å². The summed E-state index contributed by atoms with van der Waals surface area (Å²) < 4.78 is 29.3. The zero-order chi connectivity index (χ0) is 23.0. The zero-order valence-electron chi connectivity index (χ0n) is 16.7. The highest BCUT2D eigenvalue weighted by Crippen LogP contribution is 2.35. The number of nitro benzene ring substituents is 1. The average Bonchev–Trinajstić information content (AvgIpc) is 3.12. The van der Waals surface area contributed by atoms with Crippen LogP contribution in [0.15, 0.2) is 63.5 Å². The number of nitrogens with one attached hydrogen (secondary N) is 1. The van der Waals surface area contributed by atoms with Crippen molar-refractivity contribution in [2.75, 3.05) is 4.72 Å². The summed E-state index contributed by atoms with van der Waals surface area (Å²) >= 11 is 6.76. The second-order valence-corrected chi connectivity index (χ2v) is 9.87. The van der Waals surface area contributed by atoms with E-state index in [2.05, 4.69) is 19.8 Å². The first-order valence-electron chi connectivity index (χ1n) is 9.08. The molecule has 0 saturated carbocycles. The fourth-order valence-electron chi connectivity index (χ4n) is 2.91. The van der Waals surface area contributed by atoms with Gasteiger partial charge in [0.1, 0.15) is 0 Å². The highest BCUT2D eigenvalue weighted by Gasteiger charge is 2.23. The first-order chi connectivity index (χ1) is 15.1. The smallest absolute Gasteiger partial charge is 0.280 e. The SMILES string of the molecule is Cc1cc(C)n2nc(Sc3ccc(S(=O)(=O)Nc4ccc(Cl)cc4)cc3[N+](=O)[O-])nc2n1. The molecule has 2 aromatic heterocycles. The summed E-state index contributed by atoms with van der Waals surface area (Å²) in [5, 5.41) is 16.7. The van der Waals surface area contributed by atoms with Crippen molar-refractivity contribution in [1.82, 2.24) is 19.6 Å². The van der Waals surface area contributed by atoms with Crippen molar-refractivity contribution in [3.8, 4) is 0 Å². The minimum atomic E-state index is -4.05. The number of halogens is 1. The van der Waals surface area contributed by atoms with Crippen LogP contribution >= 0.6 is 23.4 Å². The van der Waals surface area contributed by atoms with E-state index in [1.807, 2.05) is 19.9 Å². The molecule has 2 aromatic carbocycles. The first-order valence-corrected chi connectivity index (χ1v) is 11.8. The molecule has 0 spiro atoms. The topological polar surface area (TPSA) is 132 Å². The van der Waals surface area contributed by atoms with Gasteiger partial charge in [0.05, 0.1) is 14.7 Å². The van der Waals surface area contributed by atoms with Crippen LogP contribution in [0.3, 0.4) is 0 Å². The van der Waals surface area contributed by atoms with Gasteiger partial charge >= 0.3 is 0 Å². The van der Waals surface area contributed by atoms with Gasteiger partial charge in [0.25, 0.3) is 21.5 Å². The summed E-state index contributed by atoms with van der Waals surface area (Å²) in [7, 11) is -4.05. The normalized spacial score (nSPS) is 11.6. The highest BCUT2D eigenvalue weighted by molar-refractivity contribution is 7.99. The minimum Gasteiger partial charge on any atom is -0.280 e. The molecule has 2 heterocycles. The average molecular weight is 491 g/mol. The fourth-order valence-corrected chi connectivity index (χ4v) is 4.94. The molecular formula is C19H15ClN6O4S2. The molecule has 0 amide bonds. The lowest BCUT2D eigenvalue weighted by molar-refractivity contribution is -0.388. The van der Waals surface area contributed by atoms with E-state index in [1.165, 1.54) is 40.9 Å². The van der Waals surface area contributed by atoms with Gasteiger partial charge in [-0.15, -0.1) is 5.10 Å². The molecule has 0 aliphatic rings. The van der Waals surface area contributed by atoms with E-state index < -0.39 is 14.9 Å². The third-order valence-electron chi connectivity index (χ3n) is 4.33. The maximum atomic E-state index is 12.7. The van der Waals surface area contributed by atoms with Crippen molar-refractivity contribution in [2.45, 2.75) is 28.8 Å². The van der Waals surface area contributed by atoms with Gasteiger partial charge in [-0.1, -0.05) is 11.6 Å². The van der Waals surface area contributed by atoms with Gasteiger partial charge < -0.3 is 0 Å². The molecule has 0 bridgehead atoms. The van der Waals surface area contributed by atoms with Gasteiger partial charge in [-0.05, 0) is 68.1 Å². The molecule has 164 valence electrons. The quantitative estimate of drug-likeness (QED) is 0.313. The highest BCUT2D eigenvalue weighted by atomic mass is 35.5. The number of nitrogens with zero attached hydrogens (tertiary/aromatic N) is 5. The Labute approximate surface area is 191 Å². The Morgan fingerprint density at radius 1 is 1.09 bits per heavy atom. The van der Waals surface area contributed by atoms with Crippen LogP contribution in [0.5, 0.6) is 0 Å². The van der Waals surface area contributed by atoms with E-state index in [0.29, 0.717) is 10.8 Å². The largest absolute Gasteiger partial charge is 0.284 e. The number of benzene rings is 2. The van der Waals surface area contributed by atoms with Crippen LogP contribution < -0.4 is 4.72 Å². The molecule has 0 aliphatic carbocycles. The van der Waals surface area contributed by atoms with Crippen molar-refractivity contribution in [3.05, 3.63) is 75.1 Å². The number of aryl methyl sites for hydroxylation is 2. The second kappa shape index (κ2) is 8.37. The lowest BCUT2D eigenvalue weighted by atomic mass is 10.3. The summed E-state index contributed by atoms with van der Waals surface area (Å²) in [6.07, 6.45) is 0. The number of rotatable bonds is 6. The van der Waals surface area contributed by atoms with E-state index in [1.54, 1.807) is 0 Å². The first kappa shape index (κ1) is 22.0. The van der Waals surface area contributed by atoms with Gasteiger partial charge in [0.2, 0.25) is 5.16 Å². The van der Waals surface area contributed by atoms with Gasteiger partial charge in [0, 0.05) is 28.2 Å². The van der Waals surface area contributed by atoms with E-state index in [0.717, 1.165) is 29.2 Å². The van der Waals surface area contributed by atoms with E-state index in [4.69, 9.17) is 11.6 Å². The van der Waals surface area contributed by atoms with Crippen LogP contribution in [-0.4, -0.2) is 32.9 Å². The molecule has 0 aliphatic heterocycles. The van der Waals surface area contributed by atoms with Crippen LogP contribution in [0, 0.1) is 24.0 Å². The molecule has 4 rings (SSSR count). The Bertz CT molecular complexity index is 1450. The van der Waals surface area contributed by atoms with E-state index in [-0.39, 0.29) is 26.3 Å². The molecule has 0 unspecified atom stereocenters. The predicted octanol–water partition coefficient (Wildman–Crippen LogP) is 4.25. The number of fused-ring (bicyclic) bond motifs is 1. The van der Waals surface area contributed by atoms with Gasteiger partial charge in [-0.2, -0.15) is 4.98 Å². The molecule has 0 fully saturated rings. The van der Waals surface area contributed by atoms with Crippen LogP contribution in [-0.2, 0) is 10.0 Å². The van der Waals surface area contributed by atoms with Gasteiger partial charge in [-0.25, -0.2) is 17.9 Å². The standard InChI is InChI=1S/C19H15ClN6O4S2/c1-11-9-12(2)25-18(21-11)22-19(23-25)31-17-8-7-15(10-16(17)26(27)28)32(29,30)24-14-5-3-13(20)4-6-14/h3-10,24H,1-2H3. The van der Waals surface area contributed by atoms with Crippen LogP contribution in [0.25, 0.3) is 5.78 Å². The molecule has 10 nitrogen and oxygen atoms in total. The lowest BCUT2D eigenvalue weighted by Crippen LogP contribution is -2.13. The monoisotopic (exact) mass is 490 g/mol. The molecule has 4 aromatic rings. The van der Waals surface area contributed by atoms with E-state index >= 15 is 0 Å². The number of anilines is 1. The van der Waals surface area contributed by atoms with Crippen molar-refractivity contribution in [3.63, 3.8) is 0 Å². The number of hydrogen-bond acceptors (Lipinski definition) is 8. The molecule has 1 N–H and O–H groups in total. The van der Waals surface area contributed by atoms with Gasteiger partial charge in [0.15, 0.2) is 0 Å². The van der Waals surface area contributed by atoms with Crippen molar-refractivity contribution < 1.29 is 13.3 Å². The third kappa shape index (κ3) is 4.52. The van der Waals surface area contributed by atoms with Crippen LogP contribution in [0.4, 0.5) is 11.4 Å². The summed E-state index contributed by atoms with van der Waals surface area (Å²) in [6.45, 7) is 3.68. The Morgan fingerprint density at radius 2 is 1.81 bits per heavy atom. The summed E-state index contributed by atoms with van der Waals surface area (Å²) in [5.41, 5.74) is 1.49. The number of hydrogen-bond donors (Lipinski definition) is 1. The Morgan fingerprint density at radius 3 is 2.50 bits per heavy atom. The Kier molecular flexibility index (Phi) is 5.75. The molecular weight excluding hydrogens is 476 g/mol. The number of nitro groups is 1. The van der Waals surface area contributed by atoms with Crippen molar-refractivity contribution in [1.29, 1.82) is 0 Å². The third-order valence-corrected chi connectivity index (χ3v) is 6.89. The Hall–Kier alpha value is -3.22. The van der Waals surface area contributed by atoms with Crippen LogP contribution in [0.2, 0.25) is 5.02 Å². The number of aromatic nitrogens is 4. The van der Waals surface area contributed by atoms with E-state index in [9.17, 15) is 18.5 Å². The van der Waals surface area contributed by atoms with Gasteiger partial charge in [-0.3, -0.25) is 14.8 Å². The van der Waals surface area contributed by atoms with Crippen molar-refractivity contribution in [2.24, 2.45) is 0 Å². The fraction of sp³-hybridized carbons (Fsp3) is 0.105. The molecule has 0 atom stereocenters. The second-order valence-electron chi connectivity index (χ2n) is 6.75. The summed E-state index contributed by atoms with van der Waals surface area (Å²) in [6, 6.07) is 11.5. The molecule has 13 heteroatoms. The molecule has 0 radical (unpaired) electrons. The predicted molar refractivity (Wildman–Crippen MR) is 120 cm³/mol.